The maximum absolute atomic E-state index is 12.1. The summed E-state index contributed by atoms with van der Waals surface area (Å²) in [6.45, 7) is 0.330. The first-order valence-electron chi connectivity index (χ1n) is 8.70. The van der Waals surface area contributed by atoms with Gasteiger partial charge in [-0.25, -0.2) is 4.68 Å². The van der Waals surface area contributed by atoms with Crippen LogP contribution in [-0.2, 0) is 11.3 Å². The van der Waals surface area contributed by atoms with Crippen LogP contribution >= 0.6 is 15.9 Å². The van der Waals surface area contributed by atoms with E-state index in [4.69, 9.17) is 5.26 Å². The Morgan fingerprint density at radius 3 is 2.61 bits per heavy atom. The van der Waals surface area contributed by atoms with Crippen LogP contribution in [0.5, 0.6) is 0 Å². The quantitative estimate of drug-likeness (QED) is 0.633. The Hall–Kier alpha value is -3.24. The Labute approximate surface area is 170 Å². The second-order valence-corrected chi connectivity index (χ2v) is 7.01. The molecule has 0 fully saturated rings. The minimum Gasteiger partial charge on any atom is -0.325 e. The number of para-hydroxylation sites is 1. The maximum Gasteiger partial charge on any atom is 0.266 e. The van der Waals surface area contributed by atoms with Gasteiger partial charge in [0.15, 0.2) is 0 Å². The molecule has 0 saturated carbocycles. The van der Waals surface area contributed by atoms with E-state index in [9.17, 15) is 9.59 Å². The van der Waals surface area contributed by atoms with E-state index in [1.165, 1.54) is 10.7 Å². The number of hydrogen-bond donors (Lipinski definition) is 1. The fourth-order valence-electron chi connectivity index (χ4n) is 2.68. The molecule has 0 aliphatic heterocycles. The van der Waals surface area contributed by atoms with Crippen LogP contribution < -0.4 is 10.9 Å². The van der Waals surface area contributed by atoms with E-state index in [1.54, 1.807) is 30.3 Å². The summed E-state index contributed by atoms with van der Waals surface area (Å²) >= 11 is 3.39. The molecule has 0 radical (unpaired) electrons. The summed E-state index contributed by atoms with van der Waals surface area (Å²) in [5.74, 6) is -0.209. The van der Waals surface area contributed by atoms with Crippen molar-refractivity contribution in [3.8, 4) is 17.3 Å². The third-order valence-corrected chi connectivity index (χ3v) is 4.63. The normalized spacial score (nSPS) is 10.3. The predicted octanol–water partition coefficient (Wildman–Crippen LogP) is 3.96. The number of nitriles is 1. The standard InChI is InChI=1S/C21H17BrN4O2/c22-17-9-7-15(8-10-17)19-11-12-21(28)26(25-19)13-3-6-20(27)24-18-5-2-1-4-16(18)14-23/h1-2,4-5,7-12H,3,6,13H2,(H,24,27). The van der Waals surface area contributed by atoms with Crippen molar-refractivity contribution in [3.05, 3.63) is 81.1 Å². The smallest absolute Gasteiger partial charge is 0.266 e. The van der Waals surface area contributed by atoms with Gasteiger partial charge in [-0.1, -0.05) is 40.2 Å². The number of carbonyl (C=O) groups is 1. The number of nitrogens with zero attached hydrogens (tertiary/aromatic N) is 3. The van der Waals surface area contributed by atoms with Crippen LogP contribution in [0.15, 0.2) is 69.9 Å². The molecule has 0 atom stereocenters. The van der Waals surface area contributed by atoms with Gasteiger partial charge in [0.05, 0.1) is 16.9 Å². The molecule has 3 aromatic rings. The number of hydrogen-bond acceptors (Lipinski definition) is 4. The van der Waals surface area contributed by atoms with Gasteiger partial charge in [0.1, 0.15) is 6.07 Å². The molecule has 0 bridgehead atoms. The fourth-order valence-corrected chi connectivity index (χ4v) is 2.94. The summed E-state index contributed by atoms with van der Waals surface area (Å²) in [5.41, 5.74) is 2.29. The third-order valence-electron chi connectivity index (χ3n) is 4.10. The van der Waals surface area contributed by atoms with Crippen molar-refractivity contribution in [3.63, 3.8) is 0 Å². The fraction of sp³-hybridized carbons (Fsp3) is 0.143. The van der Waals surface area contributed by atoms with Gasteiger partial charge < -0.3 is 5.32 Å². The molecule has 0 saturated heterocycles. The van der Waals surface area contributed by atoms with Crippen LogP contribution in [-0.4, -0.2) is 15.7 Å². The Morgan fingerprint density at radius 2 is 1.86 bits per heavy atom. The number of aryl methyl sites for hydroxylation is 1. The van der Waals surface area contributed by atoms with Gasteiger partial charge in [0.2, 0.25) is 5.91 Å². The molecular weight excluding hydrogens is 420 g/mol. The molecule has 6 nitrogen and oxygen atoms in total. The highest BCUT2D eigenvalue weighted by atomic mass is 79.9. The summed E-state index contributed by atoms with van der Waals surface area (Å²) in [6.07, 6.45) is 0.674. The highest BCUT2D eigenvalue weighted by Gasteiger charge is 2.08. The van der Waals surface area contributed by atoms with Gasteiger partial charge in [-0.2, -0.15) is 10.4 Å². The Morgan fingerprint density at radius 1 is 1.11 bits per heavy atom. The molecule has 1 N–H and O–H groups in total. The van der Waals surface area contributed by atoms with E-state index >= 15 is 0 Å². The minimum atomic E-state index is -0.212. The number of nitrogens with one attached hydrogen (secondary N) is 1. The van der Waals surface area contributed by atoms with E-state index in [0.717, 1.165) is 10.0 Å². The average Bonchev–Trinajstić information content (AvgIpc) is 2.70. The zero-order valence-corrected chi connectivity index (χ0v) is 16.5. The first-order valence-corrected chi connectivity index (χ1v) is 9.49. The van der Waals surface area contributed by atoms with Gasteiger partial charge in [0, 0.05) is 29.1 Å². The van der Waals surface area contributed by atoms with Crippen molar-refractivity contribution in [2.75, 3.05) is 5.32 Å². The highest BCUT2D eigenvalue weighted by molar-refractivity contribution is 9.10. The predicted molar refractivity (Wildman–Crippen MR) is 111 cm³/mol. The molecule has 0 aliphatic rings. The van der Waals surface area contributed by atoms with Crippen molar-refractivity contribution < 1.29 is 4.79 Å². The Balaban J connectivity index is 1.62. The van der Waals surface area contributed by atoms with E-state index in [1.807, 2.05) is 30.3 Å². The molecule has 7 heteroatoms. The molecule has 0 aliphatic carbocycles. The number of anilines is 1. The molecule has 3 rings (SSSR count). The second-order valence-electron chi connectivity index (χ2n) is 6.10. The van der Waals surface area contributed by atoms with Crippen LogP contribution in [0.1, 0.15) is 18.4 Å². The first-order chi connectivity index (χ1) is 13.6. The number of amides is 1. The molecule has 140 valence electrons. The largest absolute Gasteiger partial charge is 0.325 e. The summed E-state index contributed by atoms with van der Waals surface area (Å²) < 4.78 is 2.34. The zero-order chi connectivity index (χ0) is 19.9. The third kappa shape index (κ3) is 4.93. The second kappa shape index (κ2) is 9.11. The highest BCUT2D eigenvalue weighted by Crippen LogP contribution is 2.19. The van der Waals surface area contributed by atoms with Gasteiger partial charge in [0.25, 0.3) is 5.56 Å². The van der Waals surface area contributed by atoms with E-state index in [2.05, 4.69) is 26.3 Å². The number of carbonyl (C=O) groups excluding carboxylic acids is 1. The van der Waals surface area contributed by atoms with Crippen LogP contribution in [0.25, 0.3) is 11.3 Å². The number of rotatable bonds is 6. The molecule has 1 aromatic heterocycles. The zero-order valence-electron chi connectivity index (χ0n) is 14.9. The summed E-state index contributed by atoms with van der Waals surface area (Å²) in [6, 6.07) is 19.7. The average molecular weight is 437 g/mol. The molecule has 0 spiro atoms. The van der Waals surface area contributed by atoms with Crippen molar-refractivity contribution in [1.82, 2.24) is 9.78 Å². The Kier molecular flexibility index (Phi) is 6.35. The Bertz CT molecular complexity index is 1080. The van der Waals surface area contributed by atoms with E-state index < -0.39 is 0 Å². The van der Waals surface area contributed by atoms with Crippen LogP contribution in [0.4, 0.5) is 5.69 Å². The van der Waals surface area contributed by atoms with Gasteiger partial charge in [-0.3, -0.25) is 9.59 Å². The first kappa shape index (κ1) is 19.5. The van der Waals surface area contributed by atoms with Gasteiger partial charge in [-0.15, -0.1) is 0 Å². The molecule has 28 heavy (non-hydrogen) atoms. The summed E-state index contributed by atoms with van der Waals surface area (Å²) in [4.78, 5) is 24.2. The van der Waals surface area contributed by atoms with E-state index in [0.29, 0.717) is 29.9 Å². The summed E-state index contributed by atoms with van der Waals surface area (Å²) in [5, 5.41) is 16.2. The topological polar surface area (TPSA) is 87.8 Å². The monoisotopic (exact) mass is 436 g/mol. The lowest BCUT2D eigenvalue weighted by Crippen LogP contribution is -2.23. The van der Waals surface area contributed by atoms with Gasteiger partial charge >= 0.3 is 0 Å². The van der Waals surface area contributed by atoms with Crippen molar-refractivity contribution in [1.29, 1.82) is 5.26 Å². The molecular formula is C21H17BrN4O2. The number of halogens is 1. The van der Waals surface area contributed by atoms with Crippen LogP contribution in [0.2, 0.25) is 0 Å². The van der Waals surface area contributed by atoms with Crippen molar-refractivity contribution in [2.24, 2.45) is 0 Å². The number of aromatic nitrogens is 2. The van der Waals surface area contributed by atoms with Crippen LogP contribution in [0.3, 0.4) is 0 Å². The van der Waals surface area contributed by atoms with Crippen molar-refractivity contribution in [2.45, 2.75) is 19.4 Å². The lowest BCUT2D eigenvalue weighted by Gasteiger charge is -2.09. The maximum atomic E-state index is 12.1. The molecule has 1 amide bonds. The van der Waals surface area contributed by atoms with Gasteiger partial charge in [-0.05, 0) is 36.8 Å². The number of benzene rings is 2. The molecule has 1 heterocycles. The SMILES string of the molecule is N#Cc1ccccc1NC(=O)CCCn1nc(-c2ccc(Br)cc2)ccc1=O. The molecule has 0 unspecified atom stereocenters. The molecule has 2 aromatic carbocycles. The lowest BCUT2D eigenvalue weighted by molar-refractivity contribution is -0.116. The minimum absolute atomic E-state index is 0.209. The van der Waals surface area contributed by atoms with Crippen LogP contribution in [0, 0.1) is 11.3 Å². The summed E-state index contributed by atoms with van der Waals surface area (Å²) in [7, 11) is 0. The lowest BCUT2D eigenvalue weighted by atomic mass is 10.1. The van der Waals surface area contributed by atoms with E-state index in [-0.39, 0.29) is 17.9 Å². The van der Waals surface area contributed by atoms with Crippen molar-refractivity contribution >= 4 is 27.5 Å².